The monoisotopic (exact) mass is 396 g/mol. The Morgan fingerprint density at radius 1 is 1.03 bits per heavy atom. The van der Waals surface area contributed by atoms with Crippen LogP contribution in [0.15, 0.2) is 36.4 Å². The van der Waals surface area contributed by atoms with Crippen molar-refractivity contribution < 1.29 is 19.0 Å². The minimum Gasteiger partial charge on any atom is -0.490 e. The maximum atomic E-state index is 11.4. The molecule has 1 N–H and O–H groups in total. The Balaban J connectivity index is 1.89. The summed E-state index contributed by atoms with van der Waals surface area (Å²) in [5.74, 6) is 1.96. The highest BCUT2D eigenvalue weighted by Gasteiger charge is 2.08. The first kappa shape index (κ1) is 22.1. The number of rotatable bonds is 11. The van der Waals surface area contributed by atoms with E-state index in [1.54, 1.807) is 0 Å². The highest BCUT2D eigenvalue weighted by Crippen LogP contribution is 2.29. The minimum absolute atomic E-state index is 0.124. The van der Waals surface area contributed by atoms with Crippen LogP contribution < -0.4 is 19.5 Å². The molecule has 1 amide bonds. The molecule has 29 heavy (non-hydrogen) atoms. The van der Waals surface area contributed by atoms with E-state index in [1.807, 2.05) is 63.2 Å². The third kappa shape index (κ3) is 7.04. The molecule has 0 fully saturated rings. The van der Waals surface area contributed by atoms with Gasteiger partial charge in [0.1, 0.15) is 25.4 Å². The first-order valence-electron chi connectivity index (χ1n) is 9.76. The van der Waals surface area contributed by atoms with Gasteiger partial charge in [0.25, 0.3) is 0 Å². The summed E-state index contributed by atoms with van der Waals surface area (Å²) in [4.78, 5) is 11.4. The van der Waals surface area contributed by atoms with Crippen LogP contribution in [0.3, 0.4) is 0 Å². The Bertz CT molecular complexity index is 838. The fourth-order valence-electron chi connectivity index (χ4n) is 2.90. The van der Waals surface area contributed by atoms with E-state index < -0.39 is 0 Å². The van der Waals surface area contributed by atoms with Crippen molar-refractivity contribution in [2.24, 2.45) is 0 Å². The van der Waals surface area contributed by atoms with Gasteiger partial charge in [0.05, 0.1) is 12.7 Å². The van der Waals surface area contributed by atoms with Gasteiger partial charge in [0.2, 0.25) is 5.91 Å². The summed E-state index contributed by atoms with van der Waals surface area (Å²) in [6.07, 6.45) is 0.522. The van der Waals surface area contributed by atoms with E-state index in [0.717, 1.165) is 22.4 Å². The molecule has 0 aromatic heterocycles. The molecule has 0 aliphatic carbocycles. The van der Waals surface area contributed by atoms with Crippen LogP contribution in [0.5, 0.6) is 17.2 Å². The second kappa shape index (κ2) is 11.6. The van der Waals surface area contributed by atoms with Crippen LogP contribution in [0.1, 0.15) is 30.0 Å². The van der Waals surface area contributed by atoms with Crippen molar-refractivity contribution in [2.75, 3.05) is 26.4 Å². The van der Waals surface area contributed by atoms with Crippen molar-refractivity contribution in [1.29, 1.82) is 5.26 Å². The van der Waals surface area contributed by atoms with E-state index in [9.17, 15) is 4.79 Å². The fourth-order valence-corrected chi connectivity index (χ4v) is 2.90. The van der Waals surface area contributed by atoms with E-state index in [0.29, 0.717) is 44.3 Å². The standard InChI is InChI=1S/C23H28N2O4/c1-4-27-21-16-19(11-13-25-22(26)10-12-24)8-9-20(21)28-14-15-29-23-17(2)6-5-7-18(23)3/h5-9,16H,4,10-11,13-15H2,1-3H3,(H,25,26). The quantitative estimate of drug-likeness (QED) is 0.585. The molecule has 0 saturated carbocycles. The van der Waals surface area contributed by atoms with Gasteiger partial charge in [-0.05, 0) is 56.0 Å². The summed E-state index contributed by atoms with van der Waals surface area (Å²) in [6.45, 7) is 7.80. The molecule has 2 aromatic rings. The Labute approximate surface area is 172 Å². The topological polar surface area (TPSA) is 80.6 Å². The van der Waals surface area contributed by atoms with Crippen LogP contribution in [0.4, 0.5) is 0 Å². The van der Waals surface area contributed by atoms with Gasteiger partial charge in [-0.15, -0.1) is 0 Å². The number of nitrogens with one attached hydrogen (secondary N) is 1. The molecule has 0 saturated heterocycles. The predicted molar refractivity (Wildman–Crippen MR) is 111 cm³/mol. The molecule has 2 aromatic carbocycles. The van der Waals surface area contributed by atoms with Gasteiger partial charge in [-0.1, -0.05) is 24.3 Å². The lowest BCUT2D eigenvalue weighted by atomic mass is 10.1. The van der Waals surface area contributed by atoms with Crippen LogP contribution in [0.25, 0.3) is 0 Å². The lowest BCUT2D eigenvalue weighted by molar-refractivity contribution is -0.120. The maximum absolute atomic E-state index is 11.4. The highest BCUT2D eigenvalue weighted by molar-refractivity contribution is 5.77. The summed E-state index contributed by atoms with van der Waals surface area (Å²) < 4.78 is 17.4. The number of benzene rings is 2. The maximum Gasteiger partial charge on any atom is 0.234 e. The van der Waals surface area contributed by atoms with E-state index in [1.165, 1.54) is 0 Å². The van der Waals surface area contributed by atoms with E-state index in [2.05, 4.69) is 5.32 Å². The number of carbonyl (C=O) groups is 1. The molecule has 0 radical (unpaired) electrons. The number of aryl methyl sites for hydroxylation is 2. The van der Waals surface area contributed by atoms with Crippen molar-refractivity contribution in [3.05, 3.63) is 53.1 Å². The number of para-hydroxylation sites is 1. The summed E-state index contributed by atoms with van der Waals surface area (Å²) in [5.41, 5.74) is 3.22. The minimum atomic E-state index is -0.263. The van der Waals surface area contributed by atoms with Crippen LogP contribution in [-0.2, 0) is 11.2 Å². The molecule has 0 bridgehead atoms. The Morgan fingerprint density at radius 3 is 2.45 bits per heavy atom. The normalized spacial score (nSPS) is 10.1. The average Bonchev–Trinajstić information content (AvgIpc) is 2.69. The molecule has 0 unspecified atom stereocenters. The van der Waals surface area contributed by atoms with Gasteiger partial charge in [-0.3, -0.25) is 4.79 Å². The number of hydrogen-bond acceptors (Lipinski definition) is 5. The second-order valence-electron chi connectivity index (χ2n) is 6.57. The molecule has 6 nitrogen and oxygen atoms in total. The molecule has 0 spiro atoms. The molecule has 0 aliphatic heterocycles. The van der Waals surface area contributed by atoms with E-state index in [-0.39, 0.29) is 12.3 Å². The zero-order chi connectivity index (χ0) is 21.1. The van der Waals surface area contributed by atoms with Crippen LogP contribution >= 0.6 is 0 Å². The number of nitrogens with zero attached hydrogens (tertiary/aromatic N) is 1. The van der Waals surface area contributed by atoms with E-state index in [4.69, 9.17) is 19.5 Å². The third-order valence-electron chi connectivity index (χ3n) is 4.28. The first-order chi connectivity index (χ1) is 14.0. The largest absolute Gasteiger partial charge is 0.490 e. The number of carbonyl (C=O) groups excluding carboxylic acids is 1. The van der Waals surface area contributed by atoms with Gasteiger partial charge in [-0.2, -0.15) is 5.26 Å². The molecule has 0 aliphatic rings. The van der Waals surface area contributed by atoms with Crippen LogP contribution in [0, 0.1) is 25.2 Å². The SMILES string of the molecule is CCOc1cc(CCNC(=O)CC#N)ccc1OCCOc1c(C)cccc1C. The summed E-state index contributed by atoms with van der Waals surface area (Å²) in [7, 11) is 0. The van der Waals surface area contributed by atoms with Crippen molar-refractivity contribution in [3.63, 3.8) is 0 Å². The molecule has 154 valence electrons. The first-order valence-corrected chi connectivity index (χ1v) is 9.76. The van der Waals surface area contributed by atoms with Crippen LogP contribution in [-0.4, -0.2) is 32.3 Å². The average molecular weight is 396 g/mol. The van der Waals surface area contributed by atoms with Gasteiger partial charge in [0.15, 0.2) is 11.5 Å². The van der Waals surface area contributed by atoms with Gasteiger partial charge in [0, 0.05) is 6.54 Å². The molecule has 2 rings (SSSR count). The van der Waals surface area contributed by atoms with Crippen molar-refractivity contribution in [1.82, 2.24) is 5.32 Å². The number of ether oxygens (including phenoxy) is 3. The Kier molecular flexibility index (Phi) is 8.84. The summed E-state index contributed by atoms with van der Waals surface area (Å²) in [6, 6.07) is 13.6. The molecule has 0 heterocycles. The number of nitriles is 1. The van der Waals surface area contributed by atoms with Crippen LogP contribution in [0.2, 0.25) is 0 Å². The summed E-state index contributed by atoms with van der Waals surface area (Å²) >= 11 is 0. The molecule has 6 heteroatoms. The van der Waals surface area contributed by atoms with Gasteiger partial charge >= 0.3 is 0 Å². The Morgan fingerprint density at radius 2 is 1.76 bits per heavy atom. The lowest BCUT2D eigenvalue weighted by Gasteiger charge is -2.15. The number of hydrogen-bond donors (Lipinski definition) is 1. The second-order valence-corrected chi connectivity index (χ2v) is 6.57. The zero-order valence-electron chi connectivity index (χ0n) is 17.3. The van der Waals surface area contributed by atoms with Crippen molar-refractivity contribution in [2.45, 2.75) is 33.6 Å². The molecular formula is C23H28N2O4. The zero-order valence-corrected chi connectivity index (χ0v) is 17.3. The fraction of sp³-hybridized carbons (Fsp3) is 0.391. The van der Waals surface area contributed by atoms with Gasteiger partial charge in [-0.25, -0.2) is 0 Å². The molecular weight excluding hydrogens is 368 g/mol. The molecule has 0 atom stereocenters. The lowest BCUT2D eigenvalue weighted by Crippen LogP contribution is -2.24. The highest BCUT2D eigenvalue weighted by atomic mass is 16.5. The van der Waals surface area contributed by atoms with E-state index >= 15 is 0 Å². The third-order valence-corrected chi connectivity index (χ3v) is 4.28. The van der Waals surface area contributed by atoms with Crippen molar-refractivity contribution >= 4 is 5.91 Å². The Hall–Kier alpha value is -3.20. The smallest absolute Gasteiger partial charge is 0.234 e. The van der Waals surface area contributed by atoms with Crippen molar-refractivity contribution in [3.8, 4) is 23.3 Å². The van der Waals surface area contributed by atoms with Gasteiger partial charge < -0.3 is 19.5 Å². The summed E-state index contributed by atoms with van der Waals surface area (Å²) in [5, 5.41) is 11.2. The predicted octanol–water partition coefficient (Wildman–Crippen LogP) is 3.73. The number of amides is 1.